The number of fused-ring (bicyclic) bond motifs is 1. The van der Waals surface area contributed by atoms with Crippen molar-refractivity contribution in [3.63, 3.8) is 0 Å². The number of rotatable bonds is 4. The number of pyridine rings is 1. The SMILES string of the molecule is O=[N+]([O-])c1cc(C(F)(F)F)ccc1N/N=C/c1ccc2ncccc2c1. The molecule has 3 aromatic rings. The number of hydrogen-bond donors (Lipinski definition) is 1. The quantitative estimate of drug-likeness (QED) is 0.419. The predicted octanol–water partition coefficient (Wildman–Crippen LogP) is 4.61. The molecule has 0 saturated carbocycles. The van der Waals surface area contributed by atoms with Crippen LogP contribution >= 0.6 is 0 Å². The Bertz CT molecular complexity index is 1000. The topological polar surface area (TPSA) is 80.4 Å². The summed E-state index contributed by atoms with van der Waals surface area (Å²) in [6.07, 6.45) is -1.58. The minimum absolute atomic E-state index is 0.137. The van der Waals surface area contributed by atoms with Crippen LogP contribution in [0.5, 0.6) is 0 Å². The molecular formula is C17H11F3N4O2. The highest BCUT2D eigenvalue weighted by molar-refractivity contribution is 5.88. The Labute approximate surface area is 145 Å². The maximum atomic E-state index is 12.7. The number of hydrazone groups is 1. The minimum Gasteiger partial charge on any atom is -0.272 e. The zero-order chi connectivity index (χ0) is 18.7. The fraction of sp³-hybridized carbons (Fsp3) is 0.0588. The van der Waals surface area contributed by atoms with E-state index >= 15 is 0 Å². The lowest BCUT2D eigenvalue weighted by molar-refractivity contribution is -0.384. The van der Waals surface area contributed by atoms with Gasteiger partial charge < -0.3 is 0 Å². The normalized spacial score (nSPS) is 11.8. The van der Waals surface area contributed by atoms with Crippen LogP contribution in [-0.4, -0.2) is 16.1 Å². The second-order valence-electron chi connectivity index (χ2n) is 5.31. The molecule has 1 heterocycles. The summed E-state index contributed by atoms with van der Waals surface area (Å²) in [5.74, 6) is 0. The van der Waals surface area contributed by atoms with Crippen molar-refractivity contribution in [1.82, 2.24) is 4.98 Å². The summed E-state index contributed by atoms with van der Waals surface area (Å²) >= 11 is 0. The van der Waals surface area contributed by atoms with Crippen LogP contribution in [0.15, 0.2) is 59.8 Å². The molecule has 0 saturated heterocycles. The number of anilines is 1. The Balaban J connectivity index is 1.83. The molecule has 0 aliphatic carbocycles. The molecular weight excluding hydrogens is 349 g/mol. The monoisotopic (exact) mass is 360 g/mol. The smallest absolute Gasteiger partial charge is 0.272 e. The van der Waals surface area contributed by atoms with E-state index in [1.54, 1.807) is 24.4 Å². The number of nitrogens with one attached hydrogen (secondary N) is 1. The van der Waals surface area contributed by atoms with Gasteiger partial charge in [0.1, 0.15) is 5.69 Å². The lowest BCUT2D eigenvalue weighted by Crippen LogP contribution is -2.06. The number of aromatic nitrogens is 1. The highest BCUT2D eigenvalue weighted by Crippen LogP contribution is 2.34. The lowest BCUT2D eigenvalue weighted by Gasteiger charge is -2.08. The van der Waals surface area contributed by atoms with Crippen LogP contribution in [0.2, 0.25) is 0 Å². The van der Waals surface area contributed by atoms with Crippen molar-refractivity contribution in [2.75, 3.05) is 5.43 Å². The summed E-state index contributed by atoms with van der Waals surface area (Å²) in [6.45, 7) is 0. The first kappa shape index (κ1) is 17.3. The molecule has 132 valence electrons. The summed E-state index contributed by atoms with van der Waals surface area (Å²) in [4.78, 5) is 14.3. The number of hydrogen-bond acceptors (Lipinski definition) is 5. The molecule has 1 aromatic heterocycles. The average molecular weight is 360 g/mol. The van der Waals surface area contributed by atoms with Crippen LogP contribution in [0.1, 0.15) is 11.1 Å². The maximum absolute atomic E-state index is 12.7. The highest BCUT2D eigenvalue weighted by Gasteiger charge is 2.33. The molecule has 2 aromatic carbocycles. The second kappa shape index (κ2) is 6.79. The van der Waals surface area contributed by atoms with Crippen LogP contribution in [-0.2, 0) is 6.18 Å². The van der Waals surface area contributed by atoms with Gasteiger partial charge in [0.05, 0.1) is 22.2 Å². The molecule has 26 heavy (non-hydrogen) atoms. The summed E-state index contributed by atoms with van der Waals surface area (Å²) in [5.41, 5.74) is 1.98. The zero-order valence-corrected chi connectivity index (χ0v) is 13.1. The molecule has 0 radical (unpaired) electrons. The Morgan fingerprint density at radius 1 is 1.15 bits per heavy atom. The third-order valence-corrected chi connectivity index (χ3v) is 3.55. The van der Waals surface area contributed by atoms with Gasteiger partial charge in [0.15, 0.2) is 0 Å². The van der Waals surface area contributed by atoms with E-state index in [-0.39, 0.29) is 5.69 Å². The highest BCUT2D eigenvalue weighted by atomic mass is 19.4. The van der Waals surface area contributed by atoms with Crippen LogP contribution in [0.3, 0.4) is 0 Å². The number of alkyl halides is 3. The van der Waals surface area contributed by atoms with Crippen molar-refractivity contribution in [3.05, 3.63) is 76.0 Å². The van der Waals surface area contributed by atoms with Gasteiger partial charge in [-0.05, 0) is 35.9 Å². The second-order valence-corrected chi connectivity index (χ2v) is 5.31. The summed E-state index contributed by atoms with van der Waals surface area (Å²) in [7, 11) is 0. The lowest BCUT2D eigenvalue weighted by atomic mass is 10.1. The van der Waals surface area contributed by atoms with Crippen LogP contribution in [0.4, 0.5) is 24.5 Å². The van der Waals surface area contributed by atoms with Crippen molar-refractivity contribution in [2.24, 2.45) is 5.10 Å². The molecule has 0 aliphatic rings. The first-order valence-corrected chi connectivity index (χ1v) is 7.34. The Morgan fingerprint density at radius 3 is 2.69 bits per heavy atom. The maximum Gasteiger partial charge on any atom is 0.416 e. The van der Waals surface area contributed by atoms with E-state index in [0.29, 0.717) is 11.6 Å². The van der Waals surface area contributed by atoms with Gasteiger partial charge in [-0.25, -0.2) is 0 Å². The van der Waals surface area contributed by atoms with E-state index in [0.717, 1.165) is 23.0 Å². The van der Waals surface area contributed by atoms with Crippen LogP contribution in [0.25, 0.3) is 10.9 Å². The fourth-order valence-corrected chi connectivity index (χ4v) is 2.30. The number of benzene rings is 2. The molecule has 0 spiro atoms. The van der Waals surface area contributed by atoms with Crippen molar-refractivity contribution in [3.8, 4) is 0 Å². The number of nitro groups is 1. The van der Waals surface area contributed by atoms with Gasteiger partial charge in [0, 0.05) is 17.6 Å². The summed E-state index contributed by atoms with van der Waals surface area (Å²) in [5, 5.41) is 15.8. The van der Waals surface area contributed by atoms with Crippen molar-refractivity contribution < 1.29 is 18.1 Å². The number of halogens is 3. The molecule has 0 unspecified atom stereocenters. The van der Waals surface area contributed by atoms with Crippen LogP contribution < -0.4 is 5.43 Å². The molecule has 0 bridgehead atoms. The van der Waals surface area contributed by atoms with Gasteiger partial charge >= 0.3 is 6.18 Å². The van der Waals surface area contributed by atoms with Gasteiger partial charge in [0.25, 0.3) is 5.69 Å². The average Bonchev–Trinajstić information content (AvgIpc) is 2.60. The summed E-state index contributed by atoms with van der Waals surface area (Å²) in [6, 6.07) is 11.2. The van der Waals surface area contributed by atoms with Gasteiger partial charge in [-0.15, -0.1) is 0 Å². The van der Waals surface area contributed by atoms with Gasteiger partial charge in [0.2, 0.25) is 0 Å². The molecule has 0 fully saturated rings. The Kier molecular flexibility index (Phi) is 4.53. The number of nitrogens with zero attached hydrogens (tertiary/aromatic N) is 3. The zero-order valence-electron chi connectivity index (χ0n) is 13.1. The molecule has 6 nitrogen and oxygen atoms in total. The van der Waals surface area contributed by atoms with E-state index < -0.39 is 22.4 Å². The molecule has 0 atom stereocenters. The standard InChI is InChI=1S/C17H11F3N4O2/c18-17(19,20)13-4-6-15(16(9-13)24(25)26)23-22-10-11-3-5-14-12(8-11)2-1-7-21-14/h1-10,23H/b22-10+. The Hall–Kier alpha value is -3.49. The molecule has 3 rings (SSSR count). The van der Waals surface area contributed by atoms with Crippen molar-refractivity contribution in [1.29, 1.82) is 0 Å². The first-order valence-electron chi connectivity index (χ1n) is 7.34. The van der Waals surface area contributed by atoms with E-state index in [4.69, 9.17) is 0 Å². The van der Waals surface area contributed by atoms with Crippen LogP contribution in [0, 0.1) is 10.1 Å². The number of nitro benzene ring substituents is 1. The predicted molar refractivity (Wildman–Crippen MR) is 91.1 cm³/mol. The van der Waals surface area contributed by atoms with E-state index in [1.165, 1.54) is 6.21 Å². The fourth-order valence-electron chi connectivity index (χ4n) is 2.30. The van der Waals surface area contributed by atoms with Gasteiger partial charge in [-0.3, -0.25) is 20.5 Å². The van der Waals surface area contributed by atoms with E-state index in [1.807, 2.05) is 12.1 Å². The van der Waals surface area contributed by atoms with Crippen molar-refractivity contribution in [2.45, 2.75) is 6.18 Å². The largest absolute Gasteiger partial charge is 0.416 e. The van der Waals surface area contributed by atoms with Gasteiger partial charge in [-0.2, -0.15) is 18.3 Å². The summed E-state index contributed by atoms with van der Waals surface area (Å²) < 4.78 is 38.1. The Morgan fingerprint density at radius 2 is 1.96 bits per heavy atom. The van der Waals surface area contributed by atoms with E-state index in [2.05, 4.69) is 15.5 Å². The third-order valence-electron chi connectivity index (χ3n) is 3.55. The minimum atomic E-state index is -4.66. The molecule has 0 aliphatic heterocycles. The van der Waals surface area contributed by atoms with Crippen molar-refractivity contribution >= 4 is 28.5 Å². The van der Waals surface area contributed by atoms with E-state index in [9.17, 15) is 23.3 Å². The third kappa shape index (κ3) is 3.77. The molecule has 1 N–H and O–H groups in total. The first-order chi connectivity index (χ1) is 12.3. The van der Waals surface area contributed by atoms with Gasteiger partial charge in [-0.1, -0.05) is 12.1 Å². The molecule has 0 amide bonds. The molecule has 9 heteroatoms.